The van der Waals surface area contributed by atoms with Gasteiger partial charge in [-0.3, -0.25) is 4.79 Å². The average Bonchev–Trinajstić information content (AvgIpc) is 2.69. The quantitative estimate of drug-likeness (QED) is 0.572. The van der Waals surface area contributed by atoms with Gasteiger partial charge in [-0.25, -0.2) is 4.79 Å². The van der Waals surface area contributed by atoms with Crippen LogP contribution in [0.1, 0.15) is 16.7 Å². The summed E-state index contributed by atoms with van der Waals surface area (Å²) >= 11 is 0. The van der Waals surface area contributed by atoms with Crippen molar-refractivity contribution in [2.45, 2.75) is 13.5 Å². The highest BCUT2D eigenvalue weighted by molar-refractivity contribution is 5.89. The van der Waals surface area contributed by atoms with Crippen LogP contribution in [0.4, 0.5) is 0 Å². The molecule has 1 amide bonds. The molecule has 1 N–H and O–H groups in total. The Bertz CT molecular complexity index is 829. The molecule has 0 saturated heterocycles. The van der Waals surface area contributed by atoms with E-state index in [1.807, 2.05) is 31.2 Å². The lowest BCUT2D eigenvalue weighted by Crippen LogP contribution is -2.28. The standard InChI is InChI=1S/C21H23NO5/c1-15-6-4-5-7-17(15)13-22-20(23)14-27-21(24)11-8-16-12-18(25-2)9-10-19(16)26-3/h4-12H,13-14H2,1-3H3,(H,22,23)/b11-8+. The molecule has 2 aromatic carbocycles. The van der Waals surface area contributed by atoms with E-state index in [2.05, 4.69) is 5.32 Å². The van der Waals surface area contributed by atoms with Crippen molar-refractivity contribution >= 4 is 18.0 Å². The molecule has 0 fully saturated rings. The van der Waals surface area contributed by atoms with Crippen LogP contribution >= 0.6 is 0 Å². The van der Waals surface area contributed by atoms with E-state index in [1.54, 1.807) is 31.4 Å². The number of carbonyl (C=O) groups is 2. The molecule has 2 aromatic rings. The molecule has 27 heavy (non-hydrogen) atoms. The first-order chi connectivity index (χ1) is 13.0. The number of esters is 1. The van der Waals surface area contributed by atoms with Gasteiger partial charge in [-0.15, -0.1) is 0 Å². The van der Waals surface area contributed by atoms with Crippen LogP contribution < -0.4 is 14.8 Å². The van der Waals surface area contributed by atoms with Crippen LogP contribution in [0.25, 0.3) is 6.08 Å². The number of hydrogen-bond acceptors (Lipinski definition) is 5. The lowest BCUT2D eigenvalue weighted by atomic mass is 10.1. The summed E-state index contributed by atoms with van der Waals surface area (Å²) in [7, 11) is 3.09. The minimum absolute atomic E-state index is 0.343. The fraction of sp³-hybridized carbons (Fsp3) is 0.238. The molecule has 0 radical (unpaired) electrons. The molecule has 142 valence electrons. The predicted molar refractivity (Wildman–Crippen MR) is 103 cm³/mol. The Balaban J connectivity index is 1.84. The summed E-state index contributed by atoms with van der Waals surface area (Å²) in [5, 5.41) is 2.73. The van der Waals surface area contributed by atoms with Crippen molar-refractivity contribution in [3.8, 4) is 11.5 Å². The van der Waals surface area contributed by atoms with Gasteiger partial charge in [0.05, 0.1) is 14.2 Å². The Kier molecular flexibility index (Phi) is 7.43. The molecule has 6 heteroatoms. The van der Waals surface area contributed by atoms with Gasteiger partial charge in [0.25, 0.3) is 5.91 Å². The normalized spacial score (nSPS) is 10.5. The van der Waals surface area contributed by atoms with Crippen LogP contribution in [-0.4, -0.2) is 32.7 Å². The van der Waals surface area contributed by atoms with Crippen molar-refractivity contribution in [1.29, 1.82) is 0 Å². The largest absolute Gasteiger partial charge is 0.497 e. The van der Waals surface area contributed by atoms with E-state index in [-0.39, 0.29) is 12.5 Å². The SMILES string of the molecule is COc1ccc(OC)c(/C=C/C(=O)OCC(=O)NCc2ccccc2C)c1. The number of ether oxygens (including phenoxy) is 3. The van der Waals surface area contributed by atoms with Crippen LogP contribution in [0.5, 0.6) is 11.5 Å². The number of methoxy groups -OCH3 is 2. The maximum absolute atomic E-state index is 11.8. The van der Waals surface area contributed by atoms with Gasteiger partial charge in [-0.05, 0) is 42.3 Å². The Morgan fingerprint density at radius 2 is 1.85 bits per heavy atom. The van der Waals surface area contributed by atoms with Crippen molar-refractivity contribution in [3.63, 3.8) is 0 Å². The fourth-order valence-electron chi connectivity index (χ4n) is 2.37. The van der Waals surface area contributed by atoms with E-state index >= 15 is 0 Å². The van der Waals surface area contributed by atoms with Gasteiger partial charge >= 0.3 is 5.97 Å². The second kappa shape index (κ2) is 10.0. The van der Waals surface area contributed by atoms with Gasteiger partial charge in [0, 0.05) is 18.2 Å². The summed E-state index contributed by atoms with van der Waals surface area (Å²) in [5.74, 6) is 0.250. The van der Waals surface area contributed by atoms with Crippen molar-refractivity contribution in [2.24, 2.45) is 0 Å². The highest BCUT2D eigenvalue weighted by Crippen LogP contribution is 2.25. The van der Waals surface area contributed by atoms with Gasteiger partial charge in [0.2, 0.25) is 0 Å². The van der Waals surface area contributed by atoms with Crippen molar-refractivity contribution < 1.29 is 23.8 Å². The van der Waals surface area contributed by atoms with Gasteiger partial charge in [-0.1, -0.05) is 24.3 Å². The zero-order chi connectivity index (χ0) is 19.6. The number of amides is 1. The maximum atomic E-state index is 11.8. The van der Waals surface area contributed by atoms with E-state index in [0.29, 0.717) is 23.6 Å². The lowest BCUT2D eigenvalue weighted by Gasteiger charge is -2.08. The molecule has 0 aliphatic heterocycles. The minimum Gasteiger partial charge on any atom is -0.497 e. The number of benzene rings is 2. The molecular weight excluding hydrogens is 346 g/mol. The molecule has 0 spiro atoms. The number of carbonyl (C=O) groups excluding carboxylic acids is 2. The highest BCUT2D eigenvalue weighted by atomic mass is 16.5. The first kappa shape index (κ1) is 20.0. The van der Waals surface area contributed by atoms with Crippen molar-refractivity contribution in [2.75, 3.05) is 20.8 Å². The van der Waals surface area contributed by atoms with E-state index in [1.165, 1.54) is 13.2 Å². The third-order valence-corrected chi connectivity index (χ3v) is 3.92. The van der Waals surface area contributed by atoms with Gasteiger partial charge < -0.3 is 19.5 Å². The van der Waals surface area contributed by atoms with Gasteiger partial charge in [0.15, 0.2) is 6.61 Å². The number of hydrogen-bond donors (Lipinski definition) is 1. The predicted octanol–water partition coefficient (Wildman–Crippen LogP) is 2.89. The zero-order valence-electron chi connectivity index (χ0n) is 15.7. The molecule has 0 aliphatic carbocycles. The monoisotopic (exact) mass is 369 g/mol. The van der Waals surface area contributed by atoms with Gasteiger partial charge in [-0.2, -0.15) is 0 Å². The van der Waals surface area contributed by atoms with Crippen LogP contribution in [0, 0.1) is 6.92 Å². The van der Waals surface area contributed by atoms with Crippen LogP contribution in [-0.2, 0) is 20.9 Å². The summed E-state index contributed by atoms with van der Waals surface area (Å²) < 4.78 is 15.4. The molecule has 0 aliphatic rings. The van der Waals surface area contributed by atoms with Crippen LogP contribution in [0.3, 0.4) is 0 Å². The van der Waals surface area contributed by atoms with E-state index in [9.17, 15) is 9.59 Å². The molecular formula is C21H23NO5. The molecule has 0 unspecified atom stereocenters. The first-order valence-corrected chi connectivity index (χ1v) is 8.41. The van der Waals surface area contributed by atoms with E-state index in [0.717, 1.165) is 11.1 Å². The smallest absolute Gasteiger partial charge is 0.331 e. The Morgan fingerprint density at radius 3 is 2.56 bits per heavy atom. The van der Waals surface area contributed by atoms with E-state index < -0.39 is 5.97 Å². The van der Waals surface area contributed by atoms with Crippen LogP contribution in [0.2, 0.25) is 0 Å². The molecule has 6 nitrogen and oxygen atoms in total. The summed E-state index contributed by atoms with van der Waals surface area (Å²) in [4.78, 5) is 23.7. The second-order valence-electron chi connectivity index (χ2n) is 5.75. The first-order valence-electron chi connectivity index (χ1n) is 8.41. The number of aryl methyl sites for hydroxylation is 1. The topological polar surface area (TPSA) is 73.9 Å². The third-order valence-electron chi connectivity index (χ3n) is 3.92. The molecule has 0 bridgehead atoms. The lowest BCUT2D eigenvalue weighted by molar-refractivity contribution is -0.143. The summed E-state index contributed by atoms with van der Waals surface area (Å²) in [6.45, 7) is 2.02. The maximum Gasteiger partial charge on any atom is 0.331 e. The average molecular weight is 369 g/mol. The Labute approximate surface area is 158 Å². The molecule has 0 heterocycles. The fourth-order valence-corrected chi connectivity index (χ4v) is 2.37. The van der Waals surface area contributed by atoms with E-state index in [4.69, 9.17) is 14.2 Å². The minimum atomic E-state index is -0.620. The molecule has 0 aromatic heterocycles. The summed E-state index contributed by atoms with van der Waals surface area (Å²) in [6.07, 6.45) is 2.79. The Hall–Kier alpha value is -3.28. The molecule has 0 atom stereocenters. The number of nitrogens with one attached hydrogen (secondary N) is 1. The van der Waals surface area contributed by atoms with Crippen molar-refractivity contribution in [3.05, 3.63) is 65.2 Å². The summed E-state index contributed by atoms with van der Waals surface area (Å²) in [6, 6.07) is 13.0. The zero-order valence-corrected chi connectivity index (χ0v) is 15.7. The number of rotatable bonds is 8. The Morgan fingerprint density at radius 1 is 1.07 bits per heavy atom. The second-order valence-corrected chi connectivity index (χ2v) is 5.75. The van der Waals surface area contributed by atoms with Gasteiger partial charge in [0.1, 0.15) is 11.5 Å². The van der Waals surface area contributed by atoms with Crippen molar-refractivity contribution in [1.82, 2.24) is 5.32 Å². The summed E-state index contributed by atoms with van der Waals surface area (Å²) in [5.41, 5.74) is 2.77. The highest BCUT2D eigenvalue weighted by Gasteiger charge is 2.07. The molecule has 0 saturated carbocycles. The van der Waals surface area contributed by atoms with Crippen LogP contribution in [0.15, 0.2) is 48.5 Å². The molecule has 2 rings (SSSR count). The third kappa shape index (κ3) is 6.18.